The number of pyridine rings is 1. The summed E-state index contributed by atoms with van der Waals surface area (Å²) in [6.07, 6.45) is 6.84. The number of aromatic nitrogens is 3. The molecule has 1 amide bonds. The lowest BCUT2D eigenvalue weighted by Crippen LogP contribution is -2.24. The van der Waals surface area contributed by atoms with Gasteiger partial charge in [0.25, 0.3) is 12.5 Å². The monoisotopic (exact) mass is 241 g/mol. The van der Waals surface area contributed by atoms with Gasteiger partial charge in [-0.25, -0.2) is 16.5 Å². The fraction of sp³-hybridized carbons (Fsp3) is 0.167. The molecule has 90 valence electrons. The van der Waals surface area contributed by atoms with Crippen LogP contribution in [0.25, 0.3) is 10.7 Å². The summed E-state index contributed by atoms with van der Waals surface area (Å²) in [4.78, 5) is 22.3. The van der Waals surface area contributed by atoms with Crippen molar-refractivity contribution in [2.75, 3.05) is 6.54 Å². The Balaban J connectivity index is 1.96. The number of nitrogens with zero attached hydrogens (tertiary/aromatic N) is 4. The molecule has 0 bridgehead atoms. The zero-order valence-electron chi connectivity index (χ0n) is 9.58. The average Bonchev–Trinajstić information content (AvgIpc) is 2.91. The quantitative estimate of drug-likeness (QED) is 0.805. The molecular weight excluding hydrogens is 230 g/mol. The molecule has 0 aliphatic carbocycles. The van der Waals surface area contributed by atoms with E-state index in [1.807, 2.05) is 12.1 Å². The summed E-state index contributed by atoms with van der Waals surface area (Å²) in [5.41, 5.74) is 0.886. The smallest absolute Gasteiger partial charge is 0.300 e. The van der Waals surface area contributed by atoms with E-state index >= 15 is 0 Å². The number of amides is 1. The van der Waals surface area contributed by atoms with Gasteiger partial charge in [0.1, 0.15) is 12.1 Å². The number of imidazole rings is 1. The number of rotatable bonds is 4. The van der Waals surface area contributed by atoms with Crippen LogP contribution in [0.4, 0.5) is 0 Å². The van der Waals surface area contributed by atoms with Gasteiger partial charge in [-0.2, -0.15) is 0 Å². The highest BCUT2D eigenvalue weighted by Crippen LogP contribution is 2.04. The second kappa shape index (κ2) is 5.59. The van der Waals surface area contributed by atoms with Crippen molar-refractivity contribution in [2.45, 2.75) is 6.54 Å². The van der Waals surface area contributed by atoms with Gasteiger partial charge in [0.2, 0.25) is 0 Å². The van der Waals surface area contributed by atoms with Crippen LogP contribution in [-0.4, -0.2) is 27.0 Å². The van der Waals surface area contributed by atoms with Crippen LogP contribution in [0.2, 0.25) is 0 Å². The summed E-state index contributed by atoms with van der Waals surface area (Å²) in [6.45, 7) is 6.81. The van der Waals surface area contributed by atoms with E-state index in [9.17, 15) is 4.79 Å². The van der Waals surface area contributed by atoms with Crippen molar-refractivity contribution in [1.82, 2.24) is 19.9 Å². The molecule has 0 radical (unpaired) electrons. The Kier molecular flexibility index (Phi) is 3.66. The van der Waals surface area contributed by atoms with Gasteiger partial charge in [-0.05, 0) is 11.6 Å². The molecule has 0 fully saturated rings. The van der Waals surface area contributed by atoms with E-state index in [0.717, 1.165) is 11.4 Å². The topological polar surface area (TPSA) is 64.2 Å². The molecule has 1 N–H and O–H groups in total. The summed E-state index contributed by atoms with van der Waals surface area (Å²) < 4.78 is 1.79. The third-order valence-corrected chi connectivity index (χ3v) is 2.29. The normalized spacial score (nSPS) is 9.72. The Labute approximate surface area is 104 Å². The Morgan fingerprint density at radius 3 is 3.00 bits per heavy atom. The van der Waals surface area contributed by atoms with Gasteiger partial charge >= 0.3 is 0 Å². The first-order valence-corrected chi connectivity index (χ1v) is 5.33. The minimum absolute atomic E-state index is 0.138. The lowest BCUT2D eigenvalue weighted by molar-refractivity contribution is -0.119. The lowest BCUT2D eigenvalue weighted by atomic mass is 10.3. The molecule has 0 aromatic carbocycles. The third kappa shape index (κ3) is 2.92. The number of carbonyl (C=O) groups excluding carboxylic acids is 1. The van der Waals surface area contributed by atoms with E-state index in [0.29, 0.717) is 6.54 Å². The molecule has 6 heteroatoms. The van der Waals surface area contributed by atoms with Gasteiger partial charge in [-0.15, -0.1) is 0 Å². The largest absolute Gasteiger partial charge is 0.346 e. The fourth-order valence-electron chi connectivity index (χ4n) is 1.40. The fourth-order valence-corrected chi connectivity index (χ4v) is 1.40. The zero-order valence-corrected chi connectivity index (χ0v) is 9.58. The van der Waals surface area contributed by atoms with Crippen molar-refractivity contribution in [3.63, 3.8) is 0 Å². The molecule has 2 aromatic heterocycles. The molecule has 0 aliphatic rings. The molecule has 2 aromatic rings. The predicted molar refractivity (Wildman–Crippen MR) is 64.7 cm³/mol. The Bertz CT molecular complexity index is 553. The van der Waals surface area contributed by atoms with Gasteiger partial charge in [0.05, 0.1) is 0 Å². The van der Waals surface area contributed by atoms with Crippen molar-refractivity contribution in [1.29, 1.82) is 0 Å². The molecule has 0 spiro atoms. The zero-order chi connectivity index (χ0) is 12.8. The molecule has 0 atom stereocenters. The number of hydrogen-bond donors (Lipinski definition) is 1. The Hall–Kier alpha value is -2.68. The Morgan fingerprint density at radius 2 is 2.39 bits per heavy atom. The van der Waals surface area contributed by atoms with E-state index < -0.39 is 0 Å². The second-order valence-corrected chi connectivity index (χ2v) is 3.59. The van der Waals surface area contributed by atoms with Gasteiger partial charge in [0.15, 0.2) is 0 Å². The molecule has 2 heterocycles. The van der Waals surface area contributed by atoms with Crippen LogP contribution in [0.15, 0.2) is 37.1 Å². The Morgan fingerprint density at radius 1 is 1.50 bits per heavy atom. The van der Waals surface area contributed by atoms with Crippen molar-refractivity contribution < 1.29 is 4.79 Å². The molecule has 18 heavy (non-hydrogen) atoms. The number of nitrogens with one attached hydrogen (secondary N) is 1. The molecule has 0 aliphatic heterocycles. The highest BCUT2D eigenvalue weighted by atomic mass is 16.1. The summed E-state index contributed by atoms with van der Waals surface area (Å²) in [7, 11) is 0. The van der Waals surface area contributed by atoms with Crippen molar-refractivity contribution >= 4 is 5.91 Å². The van der Waals surface area contributed by atoms with Crippen molar-refractivity contribution in [3.8, 4) is 5.82 Å². The van der Waals surface area contributed by atoms with Crippen LogP contribution in [0.3, 0.4) is 0 Å². The molecule has 0 unspecified atom stereocenters. The minimum Gasteiger partial charge on any atom is -0.346 e. The lowest BCUT2D eigenvalue weighted by Gasteiger charge is -2.04. The molecule has 0 saturated carbocycles. The van der Waals surface area contributed by atoms with E-state index in [1.165, 1.54) is 0 Å². The van der Waals surface area contributed by atoms with Crippen LogP contribution in [0.1, 0.15) is 5.56 Å². The number of carbonyl (C=O) groups is 1. The summed E-state index contributed by atoms with van der Waals surface area (Å²) in [6, 6.07) is 3.72. The molecule has 2 rings (SSSR count). The first-order chi connectivity index (χ1) is 8.79. The standard InChI is InChI=1S/C12H11N5O/c1-13-8-12(18)16-7-10-2-3-11(15-6-10)17-5-4-14-9-17/h2-6,9H,7-8H2,(H,16,18). The van der Waals surface area contributed by atoms with Crippen LogP contribution in [0, 0.1) is 6.57 Å². The van der Waals surface area contributed by atoms with Crippen LogP contribution in [-0.2, 0) is 11.3 Å². The van der Waals surface area contributed by atoms with E-state index in [1.54, 1.807) is 29.5 Å². The third-order valence-electron chi connectivity index (χ3n) is 2.29. The van der Waals surface area contributed by atoms with Crippen molar-refractivity contribution in [2.24, 2.45) is 0 Å². The predicted octanol–water partition coefficient (Wildman–Crippen LogP) is 0.803. The maximum Gasteiger partial charge on any atom is 0.300 e. The second-order valence-electron chi connectivity index (χ2n) is 3.59. The summed E-state index contributed by atoms with van der Waals surface area (Å²) in [5, 5.41) is 2.64. The minimum atomic E-state index is -0.274. The van der Waals surface area contributed by atoms with Crippen LogP contribution in [0.5, 0.6) is 0 Å². The first-order valence-electron chi connectivity index (χ1n) is 5.33. The van der Waals surface area contributed by atoms with Gasteiger partial charge < -0.3 is 10.2 Å². The van der Waals surface area contributed by atoms with Gasteiger partial charge in [0, 0.05) is 25.1 Å². The van der Waals surface area contributed by atoms with E-state index in [-0.39, 0.29) is 12.5 Å². The highest BCUT2D eigenvalue weighted by Gasteiger charge is 2.03. The van der Waals surface area contributed by atoms with Crippen LogP contribution >= 0.6 is 0 Å². The molecule has 6 nitrogen and oxygen atoms in total. The molecule has 0 saturated heterocycles. The van der Waals surface area contributed by atoms with E-state index in [4.69, 9.17) is 6.57 Å². The van der Waals surface area contributed by atoms with Crippen LogP contribution < -0.4 is 5.32 Å². The van der Waals surface area contributed by atoms with E-state index in [2.05, 4.69) is 20.1 Å². The maximum absolute atomic E-state index is 11.1. The number of hydrogen-bond acceptors (Lipinski definition) is 3. The highest BCUT2D eigenvalue weighted by molar-refractivity contribution is 5.79. The average molecular weight is 241 g/mol. The van der Waals surface area contributed by atoms with Crippen molar-refractivity contribution in [3.05, 3.63) is 54.0 Å². The maximum atomic E-state index is 11.1. The van der Waals surface area contributed by atoms with Gasteiger partial charge in [-0.1, -0.05) is 6.07 Å². The first kappa shape index (κ1) is 11.8. The van der Waals surface area contributed by atoms with Gasteiger partial charge in [-0.3, -0.25) is 9.36 Å². The summed E-state index contributed by atoms with van der Waals surface area (Å²) in [5.74, 6) is 0.493. The SMILES string of the molecule is [C-]#[N+]CC(=O)NCc1ccc(-n2ccnc2)nc1. The summed E-state index contributed by atoms with van der Waals surface area (Å²) >= 11 is 0. The molecular formula is C12H11N5O.